The first kappa shape index (κ1) is 24.0. The van der Waals surface area contributed by atoms with Gasteiger partial charge in [-0.2, -0.15) is 5.10 Å². The average molecular weight is 511 g/mol. The van der Waals surface area contributed by atoms with E-state index in [-0.39, 0.29) is 5.91 Å². The minimum atomic E-state index is -0.509. The fourth-order valence-electron chi connectivity index (χ4n) is 4.50. The van der Waals surface area contributed by atoms with Gasteiger partial charge in [0, 0.05) is 43.4 Å². The molecule has 3 N–H and O–H groups in total. The maximum Gasteiger partial charge on any atom is 0.229 e. The third-order valence-corrected chi connectivity index (χ3v) is 6.82. The van der Waals surface area contributed by atoms with Gasteiger partial charge in [-0.25, -0.2) is 9.97 Å². The van der Waals surface area contributed by atoms with E-state index in [1.807, 2.05) is 45.2 Å². The molecule has 0 saturated carbocycles. The van der Waals surface area contributed by atoms with Crippen molar-refractivity contribution < 1.29 is 4.79 Å². The van der Waals surface area contributed by atoms with E-state index in [9.17, 15) is 4.79 Å². The van der Waals surface area contributed by atoms with Crippen LogP contribution in [0.2, 0.25) is 0 Å². The van der Waals surface area contributed by atoms with Gasteiger partial charge in [0.05, 0.1) is 46.7 Å². The molecule has 1 saturated heterocycles. The number of aromatic nitrogens is 7. The fourth-order valence-corrected chi connectivity index (χ4v) is 4.50. The van der Waals surface area contributed by atoms with Crippen molar-refractivity contribution in [1.29, 1.82) is 0 Å². The zero-order valence-electron chi connectivity index (χ0n) is 21.9. The zero-order valence-corrected chi connectivity index (χ0v) is 21.9. The van der Waals surface area contributed by atoms with Gasteiger partial charge < -0.3 is 20.1 Å². The van der Waals surface area contributed by atoms with Gasteiger partial charge in [-0.1, -0.05) is 20.8 Å². The van der Waals surface area contributed by atoms with Crippen molar-refractivity contribution >= 4 is 39.3 Å². The molecular weight excluding hydrogens is 480 g/mol. The number of imidazole rings is 1. The summed E-state index contributed by atoms with van der Waals surface area (Å²) in [5.41, 5.74) is 6.50. The van der Waals surface area contributed by atoms with Crippen LogP contribution in [0, 0.1) is 5.41 Å². The lowest BCUT2D eigenvalue weighted by molar-refractivity contribution is -0.123. The minimum absolute atomic E-state index is 0.0766. The van der Waals surface area contributed by atoms with Crippen LogP contribution in [-0.2, 0) is 4.79 Å². The molecule has 1 aliphatic heterocycles. The summed E-state index contributed by atoms with van der Waals surface area (Å²) < 4.78 is 0. The van der Waals surface area contributed by atoms with Gasteiger partial charge in [0.2, 0.25) is 5.91 Å². The molecule has 1 fully saturated rings. The second-order valence-corrected chi connectivity index (χ2v) is 10.8. The van der Waals surface area contributed by atoms with E-state index >= 15 is 0 Å². The molecule has 0 spiro atoms. The Morgan fingerprint density at radius 1 is 0.947 bits per heavy atom. The molecule has 1 amide bonds. The molecule has 5 aromatic rings. The standard InChI is InChI=1S/C27H30N10O/c1-27(2,3)26(38)30-17-11-16(12-28-13-17)18-5-6-19-23(31-18)24(35-34-19)25-32-20-14-29-15-21(22(20)33-25)37-9-7-36(4)8-10-37/h5-6,11-15H,7-10H2,1-4H3,(H,30,38)(H,32,33)(H,34,35). The number of rotatable bonds is 4. The topological polar surface area (TPSA) is 132 Å². The number of anilines is 2. The number of nitrogens with zero attached hydrogens (tertiary/aromatic N) is 7. The van der Waals surface area contributed by atoms with Crippen molar-refractivity contribution in [3.63, 3.8) is 0 Å². The Morgan fingerprint density at radius 2 is 1.74 bits per heavy atom. The Morgan fingerprint density at radius 3 is 2.53 bits per heavy atom. The molecule has 0 atom stereocenters. The van der Waals surface area contributed by atoms with Crippen molar-refractivity contribution in [3.05, 3.63) is 43.0 Å². The maximum absolute atomic E-state index is 12.4. The Balaban J connectivity index is 1.35. The number of hydrogen-bond acceptors (Lipinski definition) is 8. The summed E-state index contributed by atoms with van der Waals surface area (Å²) in [6.45, 7) is 9.48. The molecule has 11 heteroatoms. The van der Waals surface area contributed by atoms with Crippen LogP contribution in [0.25, 0.3) is 44.8 Å². The third kappa shape index (κ3) is 4.45. The van der Waals surface area contributed by atoms with Crippen LogP contribution in [0.4, 0.5) is 11.4 Å². The number of hydrogen-bond donors (Lipinski definition) is 3. The zero-order chi connectivity index (χ0) is 26.4. The highest BCUT2D eigenvalue weighted by Gasteiger charge is 2.22. The van der Waals surface area contributed by atoms with Gasteiger partial charge in [-0.3, -0.25) is 19.9 Å². The number of piperazine rings is 1. The van der Waals surface area contributed by atoms with Crippen molar-refractivity contribution in [2.45, 2.75) is 20.8 Å². The van der Waals surface area contributed by atoms with Crippen molar-refractivity contribution in [1.82, 2.24) is 40.0 Å². The molecule has 0 aromatic carbocycles. The Kier molecular flexibility index (Phi) is 5.79. The van der Waals surface area contributed by atoms with Gasteiger partial charge in [-0.15, -0.1) is 0 Å². The quantitative estimate of drug-likeness (QED) is 0.334. The first-order chi connectivity index (χ1) is 18.3. The first-order valence-electron chi connectivity index (χ1n) is 12.7. The van der Waals surface area contributed by atoms with Gasteiger partial charge in [-0.05, 0) is 25.2 Å². The minimum Gasteiger partial charge on any atom is -0.366 e. The monoisotopic (exact) mass is 510 g/mol. The van der Waals surface area contributed by atoms with Crippen molar-refractivity contribution in [2.75, 3.05) is 43.4 Å². The van der Waals surface area contributed by atoms with Crippen molar-refractivity contribution in [3.8, 4) is 22.8 Å². The number of carbonyl (C=O) groups excluding carboxylic acids is 1. The van der Waals surface area contributed by atoms with Gasteiger partial charge >= 0.3 is 0 Å². The molecule has 0 aliphatic carbocycles. The van der Waals surface area contributed by atoms with E-state index in [0.717, 1.165) is 59.7 Å². The summed E-state index contributed by atoms with van der Waals surface area (Å²) in [5.74, 6) is 0.552. The number of carbonyl (C=O) groups is 1. The van der Waals surface area contributed by atoms with Gasteiger partial charge in [0.15, 0.2) is 11.5 Å². The summed E-state index contributed by atoms with van der Waals surface area (Å²) in [6.07, 6.45) is 7.04. The lowest BCUT2D eigenvalue weighted by Gasteiger charge is -2.33. The molecule has 0 bridgehead atoms. The number of likely N-dealkylation sites (N-methyl/N-ethyl adjacent to an activating group) is 1. The van der Waals surface area contributed by atoms with Gasteiger partial charge in [0.1, 0.15) is 11.0 Å². The lowest BCUT2D eigenvalue weighted by atomic mass is 9.95. The number of fused-ring (bicyclic) bond motifs is 2. The first-order valence-corrected chi connectivity index (χ1v) is 12.7. The summed E-state index contributed by atoms with van der Waals surface area (Å²) >= 11 is 0. The van der Waals surface area contributed by atoms with Crippen molar-refractivity contribution in [2.24, 2.45) is 5.41 Å². The van der Waals surface area contributed by atoms with E-state index in [4.69, 9.17) is 9.97 Å². The van der Waals surface area contributed by atoms with E-state index < -0.39 is 5.41 Å². The van der Waals surface area contributed by atoms with Crippen LogP contribution < -0.4 is 10.2 Å². The summed E-state index contributed by atoms with van der Waals surface area (Å²) in [5, 5.41) is 10.5. The van der Waals surface area contributed by atoms with E-state index in [2.05, 4.69) is 47.3 Å². The highest BCUT2D eigenvalue weighted by atomic mass is 16.2. The van der Waals surface area contributed by atoms with E-state index in [1.165, 1.54) is 0 Å². The van der Waals surface area contributed by atoms with Crippen LogP contribution in [0.1, 0.15) is 20.8 Å². The molecule has 0 radical (unpaired) electrons. The summed E-state index contributed by atoms with van der Waals surface area (Å²) in [4.78, 5) is 39.1. The number of pyridine rings is 3. The second-order valence-electron chi connectivity index (χ2n) is 10.8. The summed E-state index contributed by atoms with van der Waals surface area (Å²) in [7, 11) is 2.14. The predicted octanol–water partition coefficient (Wildman–Crippen LogP) is 3.69. The fraction of sp³-hybridized carbons (Fsp3) is 0.333. The highest BCUT2D eigenvalue weighted by molar-refractivity contribution is 5.96. The molecule has 6 rings (SSSR count). The third-order valence-electron chi connectivity index (χ3n) is 6.82. The molecule has 194 valence electrons. The average Bonchev–Trinajstić information content (AvgIpc) is 3.52. The SMILES string of the molecule is CN1CCN(c2cncc3[nH]c(-c4n[nH]c5ccc(-c6cncc(NC(=O)C(C)(C)C)c6)nc45)nc23)CC1. The van der Waals surface area contributed by atoms with Crippen LogP contribution in [0.5, 0.6) is 0 Å². The van der Waals surface area contributed by atoms with E-state index in [1.54, 1.807) is 18.6 Å². The van der Waals surface area contributed by atoms with Crippen LogP contribution in [-0.4, -0.2) is 79.2 Å². The highest BCUT2D eigenvalue weighted by Crippen LogP contribution is 2.31. The van der Waals surface area contributed by atoms with Crippen LogP contribution >= 0.6 is 0 Å². The summed E-state index contributed by atoms with van der Waals surface area (Å²) in [6, 6.07) is 5.72. The number of H-pyrrole nitrogens is 2. The van der Waals surface area contributed by atoms with E-state index in [0.29, 0.717) is 22.7 Å². The normalized spacial score (nSPS) is 14.9. The second kappa shape index (κ2) is 9.18. The lowest BCUT2D eigenvalue weighted by Crippen LogP contribution is -2.44. The molecule has 11 nitrogen and oxygen atoms in total. The van der Waals surface area contributed by atoms with Crippen LogP contribution in [0.3, 0.4) is 0 Å². The Labute approximate surface area is 219 Å². The number of nitrogens with one attached hydrogen (secondary N) is 3. The number of amides is 1. The molecule has 0 unspecified atom stereocenters. The predicted molar refractivity (Wildman–Crippen MR) is 148 cm³/mol. The smallest absolute Gasteiger partial charge is 0.229 e. The molecule has 38 heavy (non-hydrogen) atoms. The van der Waals surface area contributed by atoms with Gasteiger partial charge in [0.25, 0.3) is 0 Å². The Hall–Kier alpha value is -4.38. The maximum atomic E-state index is 12.4. The molecule has 6 heterocycles. The Bertz CT molecular complexity index is 1640. The molecular formula is C27H30N10O. The van der Waals surface area contributed by atoms with Crippen LogP contribution in [0.15, 0.2) is 43.0 Å². The molecule has 1 aliphatic rings. The molecule has 5 aromatic heterocycles. The number of aromatic amines is 2. The largest absolute Gasteiger partial charge is 0.366 e.